The van der Waals surface area contributed by atoms with Gasteiger partial charge in [0, 0.05) is 18.1 Å². The van der Waals surface area contributed by atoms with E-state index in [1.54, 1.807) is 27.7 Å². The number of amides is 4. The summed E-state index contributed by atoms with van der Waals surface area (Å²) in [5.74, 6) is -4.83. The Morgan fingerprint density at radius 2 is 1.31 bits per heavy atom. The lowest BCUT2D eigenvalue weighted by molar-refractivity contribution is -0.146. The average molecular weight is 452 g/mol. The number of carbonyl (C=O) groups excluding carboxylic acids is 5. The molecule has 2 heterocycles. The molecule has 5 N–H and O–H groups in total. The van der Waals surface area contributed by atoms with Gasteiger partial charge < -0.3 is 31.1 Å². The molecule has 12 heteroatoms. The van der Waals surface area contributed by atoms with E-state index < -0.39 is 72.8 Å². The van der Waals surface area contributed by atoms with Crippen molar-refractivity contribution in [3.8, 4) is 0 Å². The Morgan fingerprint density at radius 1 is 0.844 bits per heavy atom. The fraction of sp³-hybridized carbons (Fsp3) is 0.600. The molecule has 2 saturated heterocycles. The number of aliphatic carboxylic acids is 1. The van der Waals surface area contributed by atoms with E-state index in [1.807, 2.05) is 0 Å². The molecule has 2 rings (SSSR count). The highest BCUT2D eigenvalue weighted by Gasteiger charge is 2.38. The van der Waals surface area contributed by atoms with Gasteiger partial charge in [-0.15, -0.1) is 0 Å². The number of ether oxygens (including phenoxy) is 1. The molecule has 4 atom stereocenters. The molecule has 0 spiro atoms. The van der Waals surface area contributed by atoms with Crippen molar-refractivity contribution in [1.82, 2.24) is 21.3 Å². The van der Waals surface area contributed by atoms with Gasteiger partial charge in [0.2, 0.25) is 23.6 Å². The Morgan fingerprint density at radius 3 is 1.78 bits per heavy atom. The lowest BCUT2D eigenvalue weighted by Gasteiger charge is -2.32. The van der Waals surface area contributed by atoms with Crippen LogP contribution in [-0.2, 0) is 33.5 Å². The number of esters is 1. The van der Waals surface area contributed by atoms with Crippen LogP contribution in [0.25, 0.3) is 0 Å². The third kappa shape index (κ3) is 6.05. The molecule has 0 aromatic rings. The summed E-state index contributed by atoms with van der Waals surface area (Å²) in [5, 5.41) is 19.1. The van der Waals surface area contributed by atoms with Gasteiger partial charge >= 0.3 is 11.9 Å². The van der Waals surface area contributed by atoms with Crippen LogP contribution < -0.4 is 21.3 Å². The second-order valence-electron chi connectivity index (χ2n) is 8.39. The van der Waals surface area contributed by atoms with E-state index >= 15 is 0 Å². The number of nitrogens with one attached hydrogen (secondary N) is 4. The molecule has 176 valence electrons. The SMILES string of the molecule is CC(C)[C@@H]1NC(=O)[C@H](COC(=O)C(=CC(=O)O)C[C@@H]2NC(=O)[C@H](C(C)C)NC2=O)NC1=O. The van der Waals surface area contributed by atoms with Gasteiger partial charge in [-0.05, 0) is 11.8 Å². The lowest BCUT2D eigenvalue weighted by atomic mass is 9.96. The van der Waals surface area contributed by atoms with Crippen LogP contribution in [0.1, 0.15) is 34.1 Å². The summed E-state index contributed by atoms with van der Waals surface area (Å²) in [6, 6.07) is -3.75. The van der Waals surface area contributed by atoms with Crippen LogP contribution in [0.5, 0.6) is 0 Å². The monoisotopic (exact) mass is 452 g/mol. The molecule has 0 radical (unpaired) electrons. The summed E-state index contributed by atoms with van der Waals surface area (Å²) in [4.78, 5) is 72.4. The summed E-state index contributed by atoms with van der Waals surface area (Å²) < 4.78 is 5.03. The second-order valence-corrected chi connectivity index (χ2v) is 8.39. The molecule has 0 saturated carbocycles. The van der Waals surface area contributed by atoms with Crippen molar-refractivity contribution in [2.24, 2.45) is 11.8 Å². The van der Waals surface area contributed by atoms with E-state index in [-0.39, 0.29) is 17.4 Å². The smallest absolute Gasteiger partial charge is 0.334 e. The summed E-state index contributed by atoms with van der Waals surface area (Å²) >= 11 is 0. The van der Waals surface area contributed by atoms with Gasteiger partial charge in [-0.3, -0.25) is 19.2 Å². The molecule has 0 unspecified atom stereocenters. The van der Waals surface area contributed by atoms with Crippen LogP contribution in [0, 0.1) is 11.8 Å². The molecule has 2 fully saturated rings. The van der Waals surface area contributed by atoms with Crippen molar-refractivity contribution >= 4 is 35.6 Å². The fourth-order valence-corrected chi connectivity index (χ4v) is 3.31. The Labute approximate surface area is 184 Å². The minimum absolute atomic E-state index is 0.139. The first-order valence-corrected chi connectivity index (χ1v) is 10.2. The van der Waals surface area contributed by atoms with E-state index in [0.717, 1.165) is 0 Å². The third-order valence-electron chi connectivity index (χ3n) is 5.12. The van der Waals surface area contributed by atoms with Crippen molar-refractivity contribution in [3.63, 3.8) is 0 Å². The van der Waals surface area contributed by atoms with Crippen LogP contribution in [0.4, 0.5) is 0 Å². The Hall–Kier alpha value is -3.44. The molecule has 0 aliphatic carbocycles. The Balaban J connectivity index is 2.03. The molecule has 0 bridgehead atoms. The number of rotatable bonds is 8. The van der Waals surface area contributed by atoms with Crippen LogP contribution >= 0.6 is 0 Å². The molecule has 2 aliphatic rings. The van der Waals surface area contributed by atoms with Gasteiger partial charge in [-0.1, -0.05) is 27.7 Å². The summed E-state index contributed by atoms with van der Waals surface area (Å²) in [5.41, 5.74) is -0.386. The largest absolute Gasteiger partial charge is 0.478 e. The van der Waals surface area contributed by atoms with E-state index in [4.69, 9.17) is 9.84 Å². The predicted octanol–water partition coefficient (Wildman–Crippen LogP) is -1.79. The van der Waals surface area contributed by atoms with Crippen LogP contribution in [0.15, 0.2) is 11.6 Å². The minimum atomic E-state index is -1.46. The summed E-state index contributed by atoms with van der Waals surface area (Å²) in [7, 11) is 0. The van der Waals surface area contributed by atoms with E-state index in [9.17, 15) is 28.8 Å². The highest BCUT2D eigenvalue weighted by atomic mass is 16.5. The van der Waals surface area contributed by atoms with Crippen molar-refractivity contribution in [2.45, 2.75) is 58.3 Å². The number of carbonyl (C=O) groups is 6. The van der Waals surface area contributed by atoms with Crippen molar-refractivity contribution in [3.05, 3.63) is 11.6 Å². The molecule has 4 amide bonds. The Kier molecular flexibility index (Phi) is 7.95. The fourth-order valence-electron chi connectivity index (χ4n) is 3.31. The highest BCUT2D eigenvalue weighted by Crippen LogP contribution is 2.15. The van der Waals surface area contributed by atoms with Gasteiger partial charge in [0.15, 0.2) is 0 Å². The summed E-state index contributed by atoms with van der Waals surface area (Å²) in [6.07, 6.45) is 0.150. The molecule has 0 aromatic heterocycles. The number of carboxylic acids is 1. The topological polar surface area (TPSA) is 180 Å². The number of carboxylic acid groups (broad SMARTS) is 1. The first kappa shape index (κ1) is 24.8. The number of piperazine rings is 2. The standard InChI is InChI=1S/C20H28N4O8/c1-8(2)14-18(29)21-11(16(27)23-14)5-10(6-13(25)26)20(31)32-7-12-17(28)24-15(9(3)4)19(30)22-12/h6,8-9,11-12,14-15H,5,7H2,1-4H3,(H,21,29)(H,22,30)(H,23,27)(H,24,28)(H,25,26)/t11-,12-,14-,15-/m0/s1. The Bertz CT molecular complexity index is 851. The molecule has 32 heavy (non-hydrogen) atoms. The van der Waals surface area contributed by atoms with Crippen LogP contribution in [-0.4, -0.2) is 71.4 Å². The van der Waals surface area contributed by atoms with Crippen LogP contribution in [0.2, 0.25) is 0 Å². The van der Waals surface area contributed by atoms with E-state index in [2.05, 4.69) is 21.3 Å². The molecule has 12 nitrogen and oxygen atoms in total. The van der Waals surface area contributed by atoms with Gasteiger partial charge in [-0.2, -0.15) is 0 Å². The average Bonchev–Trinajstić information content (AvgIpc) is 2.69. The molecule has 0 aromatic carbocycles. The van der Waals surface area contributed by atoms with Gasteiger partial charge in [0.25, 0.3) is 0 Å². The zero-order chi connectivity index (χ0) is 24.2. The maximum atomic E-state index is 12.5. The molecule has 2 aliphatic heterocycles. The first-order valence-electron chi connectivity index (χ1n) is 10.2. The zero-order valence-electron chi connectivity index (χ0n) is 18.3. The maximum absolute atomic E-state index is 12.5. The molecular formula is C20H28N4O8. The number of hydrogen-bond acceptors (Lipinski definition) is 7. The number of hydrogen-bond donors (Lipinski definition) is 5. The van der Waals surface area contributed by atoms with Crippen molar-refractivity contribution in [1.29, 1.82) is 0 Å². The van der Waals surface area contributed by atoms with Gasteiger partial charge in [0.05, 0.1) is 0 Å². The van der Waals surface area contributed by atoms with Gasteiger partial charge in [0.1, 0.15) is 30.8 Å². The first-order chi connectivity index (χ1) is 14.9. The van der Waals surface area contributed by atoms with Crippen molar-refractivity contribution < 1.29 is 38.6 Å². The normalized spacial score (nSPS) is 26.2. The lowest BCUT2D eigenvalue weighted by Crippen LogP contribution is -2.64. The quantitative estimate of drug-likeness (QED) is 0.211. The highest BCUT2D eigenvalue weighted by molar-refractivity contribution is 6.01. The third-order valence-corrected chi connectivity index (χ3v) is 5.12. The van der Waals surface area contributed by atoms with E-state index in [0.29, 0.717) is 6.08 Å². The predicted molar refractivity (Wildman–Crippen MR) is 109 cm³/mol. The minimum Gasteiger partial charge on any atom is -0.478 e. The van der Waals surface area contributed by atoms with E-state index in [1.165, 1.54) is 0 Å². The maximum Gasteiger partial charge on any atom is 0.334 e. The zero-order valence-corrected chi connectivity index (χ0v) is 18.3. The summed E-state index contributed by atoms with van der Waals surface area (Å²) in [6.45, 7) is 6.49. The van der Waals surface area contributed by atoms with Crippen LogP contribution in [0.3, 0.4) is 0 Å². The van der Waals surface area contributed by atoms with Gasteiger partial charge in [-0.25, -0.2) is 9.59 Å². The second kappa shape index (κ2) is 10.2. The molecular weight excluding hydrogens is 424 g/mol. The van der Waals surface area contributed by atoms with Crippen molar-refractivity contribution in [2.75, 3.05) is 6.61 Å².